The molecule has 0 radical (unpaired) electrons. The molecule has 1 unspecified atom stereocenters. The maximum absolute atomic E-state index is 13.3. The number of aromatic nitrogens is 2. The number of hydrogen-bond acceptors (Lipinski definition) is 6. The van der Waals surface area contributed by atoms with E-state index in [0.29, 0.717) is 17.8 Å². The van der Waals surface area contributed by atoms with Gasteiger partial charge in [0, 0.05) is 51.9 Å². The van der Waals surface area contributed by atoms with E-state index in [0.717, 1.165) is 30.9 Å². The average molecular weight is 473 g/mol. The first-order valence-electron chi connectivity index (χ1n) is 11.0. The summed E-state index contributed by atoms with van der Waals surface area (Å²) in [7, 11) is 1.56. The largest absolute Gasteiger partial charge is 0.420 e. The molecule has 1 atom stereocenters. The van der Waals surface area contributed by atoms with Gasteiger partial charge in [0.25, 0.3) is 5.91 Å². The van der Waals surface area contributed by atoms with E-state index in [4.69, 9.17) is 0 Å². The van der Waals surface area contributed by atoms with Gasteiger partial charge < -0.3 is 10.2 Å². The van der Waals surface area contributed by atoms with Gasteiger partial charge in [0.1, 0.15) is 11.3 Å². The van der Waals surface area contributed by atoms with Crippen LogP contribution in [-0.4, -0.2) is 65.5 Å². The Morgan fingerprint density at radius 3 is 2.59 bits per heavy atom. The number of nitrogens with one attached hydrogen (secondary N) is 1. The van der Waals surface area contributed by atoms with Crippen LogP contribution < -0.4 is 10.2 Å². The molecule has 2 aromatic rings. The molecular weight excluding hydrogens is 447 g/mol. The minimum absolute atomic E-state index is 0.108. The van der Waals surface area contributed by atoms with Crippen LogP contribution >= 0.6 is 0 Å². The normalized spacial score (nSPS) is 19.3. The van der Waals surface area contributed by atoms with Gasteiger partial charge in [-0.3, -0.25) is 19.5 Å². The number of allylic oxidation sites excluding steroid dienone is 2. The number of Topliss-reactive ketones (excluding diaryl/α,β-unsaturated/α-hetero) is 1. The number of ketones is 1. The van der Waals surface area contributed by atoms with E-state index in [1.165, 1.54) is 6.92 Å². The molecule has 1 aliphatic carbocycles. The topological polar surface area (TPSA) is 78.4 Å². The zero-order valence-corrected chi connectivity index (χ0v) is 19.2. The summed E-state index contributed by atoms with van der Waals surface area (Å²) in [5.74, 6) is -1.14. The van der Waals surface area contributed by atoms with Crippen LogP contribution in [0.3, 0.4) is 0 Å². The van der Waals surface area contributed by atoms with Crippen LogP contribution in [0.1, 0.15) is 41.2 Å². The Balaban J connectivity index is 1.44. The van der Waals surface area contributed by atoms with Crippen molar-refractivity contribution in [1.29, 1.82) is 0 Å². The summed E-state index contributed by atoms with van der Waals surface area (Å²) in [6.45, 7) is 6.30. The summed E-state index contributed by atoms with van der Waals surface area (Å²) in [4.78, 5) is 36.9. The summed E-state index contributed by atoms with van der Waals surface area (Å²) >= 11 is 0. The van der Waals surface area contributed by atoms with Gasteiger partial charge in [0.2, 0.25) is 0 Å². The Morgan fingerprint density at radius 1 is 1.21 bits per heavy atom. The van der Waals surface area contributed by atoms with Crippen molar-refractivity contribution in [2.45, 2.75) is 39.0 Å². The smallest absolute Gasteiger partial charge is 0.367 e. The van der Waals surface area contributed by atoms with Crippen molar-refractivity contribution < 1.29 is 22.8 Å². The summed E-state index contributed by atoms with van der Waals surface area (Å²) in [6, 6.07) is 5.59. The maximum Gasteiger partial charge on any atom is 0.420 e. The molecule has 34 heavy (non-hydrogen) atoms. The van der Waals surface area contributed by atoms with Gasteiger partial charge in [-0.15, -0.1) is 0 Å². The van der Waals surface area contributed by atoms with Crippen molar-refractivity contribution in [2.75, 3.05) is 31.6 Å². The molecule has 1 saturated heterocycles. The lowest BCUT2D eigenvalue weighted by Gasteiger charge is -2.41. The molecule has 1 amide bonds. The Bertz CT molecular complexity index is 1140. The quantitative estimate of drug-likeness (QED) is 0.736. The highest BCUT2D eigenvalue weighted by atomic mass is 19.4. The number of piperazine rings is 1. The maximum atomic E-state index is 13.3. The number of anilines is 1. The zero-order chi connectivity index (χ0) is 24.6. The zero-order valence-electron chi connectivity index (χ0n) is 19.2. The molecule has 10 heteroatoms. The molecular formula is C24H26F3N5O2. The Labute approximate surface area is 195 Å². The number of halogens is 3. The highest BCUT2D eigenvalue weighted by Crippen LogP contribution is 2.37. The predicted molar refractivity (Wildman–Crippen MR) is 121 cm³/mol. The molecule has 3 heterocycles. The van der Waals surface area contributed by atoms with Crippen LogP contribution in [0.25, 0.3) is 5.57 Å². The number of alkyl halides is 3. The van der Waals surface area contributed by atoms with E-state index >= 15 is 0 Å². The van der Waals surface area contributed by atoms with Crippen molar-refractivity contribution in [1.82, 2.24) is 20.2 Å². The second-order valence-corrected chi connectivity index (χ2v) is 8.70. The highest BCUT2D eigenvalue weighted by molar-refractivity contribution is 6.07. The van der Waals surface area contributed by atoms with Gasteiger partial charge in [0.15, 0.2) is 5.78 Å². The molecule has 1 fully saturated rings. The van der Waals surface area contributed by atoms with Gasteiger partial charge in [-0.25, -0.2) is 4.98 Å². The molecule has 1 aliphatic heterocycles. The number of pyridine rings is 2. The number of carbonyl (C=O) groups is 2. The monoisotopic (exact) mass is 473 g/mol. The third-order valence-corrected chi connectivity index (χ3v) is 6.39. The molecule has 0 saturated carbocycles. The van der Waals surface area contributed by atoms with Gasteiger partial charge in [0.05, 0.1) is 17.6 Å². The number of hydrogen-bond donors (Lipinski definition) is 1. The lowest BCUT2D eigenvalue weighted by molar-refractivity contribution is -0.128. The Morgan fingerprint density at radius 2 is 1.97 bits per heavy atom. The minimum atomic E-state index is -4.67. The Hall–Kier alpha value is -3.27. The van der Waals surface area contributed by atoms with E-state index in [2.05, 4.69) is 32.0 Å². The van der Waals surface area contributed by atoms with E-state index in [-0.39, 0.29) is 29.6 Å². The number of rotatable bonds is 4. The van der Waals surface area contributed by atoms with Crippen molar-refractivity contribution in [3.63, 3.8) is 0 Å². The molecule has 7 nitrogen and oxygen atoms in total. The molecule has 2 aromatic heterocycles. The predicted octanol–water partition coefficient (Wildman–Crippen LogP) is 3.01. The first kappa shape index (κ1) is 23.9. The average Bonchev–Trinajstić information content (AvgIpc) is 2.79. The van der Waals surface area contributed by atoms with Crippen LogP contribution in [0.15, 0.2) is 36.2 Å². The summed E-state index contributed by atoms with van der Waals surface area (Å²) in [5, 5.41) is 2.55. The van der Waals surface area contributed by atoms with Crippen LogP contribution in [0.5, 0.6) is 0 Å². The standard InChI is InChI=1S/C24H26F3N5O2/c1-14-12-32(18-4-5-19(29-11-18)23(34)28-3)7-6-31(14)13-16-8-17-9-20(33)21(24(25,26)27)15(2)22(17)30-10-16/h4-5,8,10-11,14H,6-7,9,12-13H2,1-3H3,(H,28,34). The second-order valence-electron chi connectivity index (χ2n) is 8.70. The molecule has 2 aliphatic rings. The number of fused-ring (bicyclic) bond motifs is 1. The number of nitrogens with zero attached hydrogens (tertiary/aromatic N) is 4. The molecule has 0 aromatic carbocycles. The van der Waals surface area contributed by atoms with E-state index in [1.807, 2.05) is 6.07 Å². The lowest BCUT2D eigenvalue weighted by Crippen LogP contribution is -2.51. The van der Waals surface area contributed by atoms with E-state index in [9.17, 15) is 22.8 Å². The van der Waals surface area contributed by atoms with Gasteiger partial charge in [-0.1, -0.05) is 6.07 Å². The lowest BCUT2D eigenvalue weighted by atomic mass is 9.88. The van der Waals surface area contributed by atoms with Crippen molar-refractivity contribution in [2.24, 2.45) is 0 Å². The third kappa shape index (κ3) is 4.68. The minimum Gasteiger partial charge on any atom is -0.367 e. The molecule has 0 spiro atoms. The van der Waals surface area contributed by atoms with Gasteiger partial charge in [-0.05, 0) is 42.7 Å². The fourth-order valence-electron chi connectivity index (χ4n) is 4.61. The van der Waals surface area contributed by atoms with E-state index in [1.54, 1.807) is 31.6 Å². The van der Waals surface area contributed by atoms with Crippen molar-refractivity contribution >= 4 is 23.0 Å². The van der Waals surface area contributed by atoms with Crippen molar-refractivity contribution in [3.8, 4) is 0 Å². The second kappa shape index (κ2) is 9.17. The van der Waals surface area contributed by atoms with Crippen LogP contribution in [0.4, 0.5) is 18.9 Å². The van der Waals surface area contributed by atoms with Gasteiger partial charge >= 0.3 is 6.18 Å². The number of carbonyl (C=O) groups excluding carboxylic acids is 2. The molecule has 1 N–H and O–H groups in total. The Kier molecular flexibility index (Phi) is 6.44. The van der Waals surface area contributed by atoms with Crippen LogP contribution in [0, 0.1) is 0 Å². The summed E-state index contributed by atoms with van der Waals surface area (Å²) < 4.78 is 39.8. The van der Waals surface area contributed by atoms with E-state index < -0.39 is 17.5 Å². The summed E-state index contributed by atoms with van der Waals surface area (Å²) in [5.41, 5.74) is 1.76. The number of amides is 1. The summed E-state index contributed by atoms with van der Waals surface area (Å²) in [6.07, 6.45) is -1.66. The first-order chi connectivity index (χ1) is 16.1. The fraction of sp³-hybridized carbons (Fsp3) is 0.417. The SMILES string of the molecule is CNC(=O)c1ccc(N2CCN(Cc3cnc4c(c3)CC(=O)C(C(F)(F)F)=C4C)C(C)C2)cn1. The molecule has 4 rings (SSSR count). The highest BCUT2D eigenvalue weighted by Gasteiger charge is 2.43. The van der Waals surface area contributed by atoms with Gasteiger partial charge in [-0.2, -0.15) is 13.2 Å². The first-order valence-corrected chi connectivity index (χ1v) is 11.0. The van der Waals surface area contributed by atoms with Crippen LogP contribution in [-0.2, 0) is 17.8 Å². The van der Waals surface area contributed by atoms with Crippen LogP contribution in [0.2, 0.25) is 0 Å². The third-order valence-electron chi connectivity index (χ3n) is 6.39. The fourth-order valence-corrected chi connectivity index (χ4v) is 4.61. The molecule has 180 valence electrons. The van der Waals surface area contributed by atoms with Crippen molar-refractivity contribution in [3.05, 3.63) is 58.7 Å². The molecule has 0 bridgehead atoms.